The molecule has 0 bridgehead atoms. The summed E-state index contributed by atoms with van der Waals surface area (Å²) in [6.45, 7) is 0.819. The molecule has 1 aromatic carbocycles. The van der Waals surface area contributed by atoms with Crippen LogP contribution in [0.1, 0.15) is 16.8 Å². The van der Waals surface area contributed by atoms with Crippen LogP contribution >= 0.6 is 0 Å². The third kappa shape index (κ3) is 3.62. The number of rotatable bonds is 2. The zero-order valence-electron chi connectivity index (χ0n) is 11.1. The van der Waals surface area contributed by atoms with E-state index in [2.05, 4.69) is 10.6 Å². The summed E-state index contributed by atoms with van der Waals surface area (Å²) in [4.78, 5) is 35.9. The molecule has 1 aliphatic heterocycles. The van der Waals surface area contributed by atoms with Gasteiger partial charge in [-0.25, -0.2) is 9.59 Å². The van der Waals surface area contributed by atoms with Crippen LogP contribution in [0.4, 0.5) is 10.5 Å². The third-order valence-corrected chi connectivity index (χ3v) is 3.02. The summed E-state index contributed by atoms with van der Waals surface area (Å²) in [7, 11) is 0. The average molecular weight is 293 g/mol. The van der Waals surface area contributed by atoms with Crippen molar-refractivity contribution >= 4 is 23.6 Å². The summed E-state index contributed by atoms with van der Waals surface area (Å²) < 4.78 is 0. The first-order valence-corrected chi connectivity index (χ1v) is 6.36. The summed E-state index contributed by atoms with van der Waals surface area (Å²) in [5, 5.41) is 23.5. The lowest BCUT2D eigenvalue weighted by Gasteiger charge is -2.20. The van der Waals surface area contributed by atoms with Crippen LogP contribution in [-0.2, 0) is 4.79 Å². The van der Waals surface area contributed by atoms with E-state index in [0.717, 1.165) is 6.07 Å². The number of carbonyl (C=O) groups is 3. The van der Waals surface area contributed by atoms with Gasteiger partial charge in [-0.15, -0.1) is 0 Å². The molecule has 1 fully saturated rings. The second kappa shape index (κ2) is 6.12. The Labute approximate surface area is 120 Å². The number of hydrogen-bond donors (Lipinski definition) is 4. The van der Waals surface area contributed by atoms with Crippen molar-refractivity contribution in [1.29, 1.82) is 0 Å². The molecule has 4 N–H and O–H groups in total. The smallest absolute Gasteiger partial charge is 0.337 e. The number of carboxylic acid groups (broad SMARTS) is 1. The zero-order chi connectivity index (χ0) is 15.4. The molecule has 3 amide bonds. The summed E-state index contributed by atoms with van der Waals surface area (Å²) in [6.07, 6.45) is 0.626. The van der Waals surface area contributed by atoms with E-state index >= 15 is 0 Å². The maximum absolute atomic E-state index is 12.1. The molecule has 0 aromatic heterocycles. The lowest BCUT2D eigenvalue weighted by molar-refractivity contribution is -0.120. The number of phenolic OH excluding ortho intramolecular Hbond substituents is 1. The Balaban J connectivity index is 2.15. The van der Waals surface area contributed by atoms with Gasteiger partial charge < -0.3 is 25.7 Å². The number of anilines is 1. The number of aromatic hydroxyl groups is 1. The van der Waals surface area contributed by atoms with E-state index in [1.165, 1.54) is 17.0 Å². The fourth-order valence-corrected chi connectivity index (χ4v) is 1.99. The second-order valence-electron chi connectivity index (χ2n) is 4.59. The van der Waals surface area contributed by atoms with Crippen LogP contribution in [0, 0.1) is 0 Å². The predicted molar refractivity (Wildman–Crippen MR) is 73.3 cm³/mol. The number of benzene rings is 1. The Bertz CT molecular complexity index is 587. The van der Waals surface area contributed by atoms with Gasteiger partial charge >= 0.3 is 12.0 Å². The molecule has 2 rings (SSSR count). The molecule has 1 aliphatic rings. The number of carboxylic acids is 1. The van der Waals surface area contributed by atoms with Crippen molar-refractivity contribution < 1.29 is 24.6 Å². The summed E-state index contributed by atoms with van der Waals surface area (Å²) in [6, 6.07) is 3.07. The molecule has 0 radical (unpaired) electrons. The number of urea groups is 1. The van der Waals surface area contributed by atoms with Gasteiger partial charge in [0.15, 0.2) is 0 Å². The molecule has 0 spiro atoms. The van der Waals surface area contributed by atoms with Gasteiger partial charge in [-0.3, -0.25) is 4.79 Å². The molecule has 0 unspecified atom stereocenters. The monoisotopic (exact) mass is 293 g/mol. The Morgan fingerprint density at radius 1 is 1.33 bits per heavy atom. The predicted octanol–water partition coefficient (Wildman–Crippen LogP) is 0.444. The fraction of sp³-hybridized carbons (Fsp3) is 0.308. The molecule has 8 heteroatoms. The van der Waals surface area contributed by atoms with Crippen LogP contribution in [0.25, 0.3) is 0 Å². The number of nitrogens with zero attached hydrogens (tertiary/aromatic N) is 1. The lowest BCUT2D eigenvalue weighted by Crippen LogP contribution is -2.40. The molecule has 112 valence electrons. The Morgan fingerprint density at radius 2 is 2.10 bits per heavy atom. The molecule has 1 saturated heterocycles. The average Bonchev–Trinajstić information content (AvgIpc) is 2.65. The van der Waals surface area contributed by atoms with Gasteiger partial charge in [0.05, 0.1) is 11.3 Å². The first-order chi connectivity index (χ1) is 9.97. The molecule has 0 atom stereocenters. The third-order valence-electron chi connectivity index (χ3n) is 3.02. The van der Waals surface area contributed by atoms with Crippen molar-refractivity contribution in [3.63, 3.8) is 0 Å². The first kappa shape index (κ1) is 14.6. The molecule has 0 saturated carbocycles. The summed E-state index contributed by atoms with van der Waals surface area (Å²) in [5.41, 5.74) is -0.155. The quantitative estimate of drug-likeness (QED) is 0.590. The van der Waals surface area contributed by atoms with E-state index in [0.29, 0.717) is 19.5 Å². The highest BCUT2D eigenvalue weighted by molar-refractivity contribution is 6.01. The van der Waals surface area contributed by atoms with E-state index in [4.69, 9.17) is 5.11 Å². The maximum Gasteiger partial charge on any atom is 0.337 e. The van der Waals surface area contributed by atoms with Gasteiger partial charge in [-0.05, 0) is 24.6 Å². The highest BCUT2D eigenvalue weighted by Crippen LogP contribution is 2.21. The molecular weight excluding hydrogens is 278 g/mol. The standard InChI is InChI=1S/C13H15N3O5/c17-8-2-3-10(9(6-8)12(19)20)15-13(21)16-5-1-4-14-11(18)7-16/h2-3,6,17H,1,4-5,7H2,(H,14,18)(H,15,21)(H,19,20). The van der Waals surface area contributed by atoms with Crippen molar-refractivity contribution in [3.05, 3.63) is 23.8 Å². The Morgan fingerprint density at radius 3 is 2.81 bits per heavy atom. The van der Waals surface area contributed by atoms with E-state index in [1.54, 1.807) is 0 Å². The highest BCUT2D eigenvalue weighted by atomic mass is 16.4. The van der Waals surface area contributed by atoms with Crippen LogP contribution < -0.4 is 10.6 Å². The number of aromatic carboxylic acids is 1. The highest BCUT2D eigenvalue weighted by Gasteiger charge is 2.21. The normalized spacial score (nSPS) is 15.0. The van der Waals surface area contributed by atoms with Gasteiger partial charge in [0, 0.05) is 13.1 Å². The van der Waals surface area contributed by atoms with Gasteiger partial charge in [0.1, 0.15) is 12.3 Å². The number of carbonyl (C=O) groups excluding carboxylic acids is 2. The molecular formula is C13H15N3O5. The SMILES string of the molecule is O=C1CN(C(=O)Nc2ccc(O)cc2C(=O)O)CCCN1. The van der Waals surface area contributed by atoms with Crippen LogP contribution in [0.3, 0.4) is 0 Å². The topological polar surface area (TPSA) is 119 Å². The minimum Gasteiger partial charge on any atom is -0.508 e. The van der Waals surface area contributed by atoms with E-state index in [-0.39, 0.29) is 29.5 Å². The lowest BCUT2D eigenvalue weighted by atomic mass is 10.1. The maximum atomic E-state index is 12.1. The number of amides is 3. The minimum atomic E-state index is -1.27. The zero-order valence-corrected chi connectivity index (χ0v) is 11.1. The molecule has 8 nitrogen and oxygen atoms in total. The fourth-order valence-electron chi connectivity index (χ4n) is 1.99. The number of nitrogens with one attached hydrogen (secondary N) is 2. The van der Waals surface area contributed by atoms with Crippen molar-refractivity contribution in [1.82, 2.24) is 10.2 Å². The van der Waals surface area contributed by atoms with E-state index in [1.807, 2.05) is 0 Å². The summed E-state index contributed by atoms with van der Waals surface area (Å²) >= 11 is 0. The van der Waals surface area contributed by atoms with Crippen molar-refractivity contribution in [2.24, 2.45) is 0 Å². The van der Waals surface area contributed by atoms with Crippen LogP contribution in [0.15, 0.2) is 18.2 Å². The van der Waals surface area contributed by atoms with Crippen LogP contribution in [0.5, 0.6) is 5.75 Å². The first-order valence-electron chi connectivity index (χ1n) is 6.36. The Hall–Kier alpha value is -2.77. The molecule has 0 aliphatic carbocycles. The Kier molecular flexibility index (Phi) is 4.27. The summed E-state index contributed by atoms with van der Waals surface area (Å²) in [5.74, 6) is -1.74. The minimum absolute atomic E-state index is 0.0648. The molecule has 1 heterocycles. The van der Waals surface area contributed by atoms with Gasteiger partial charge in [-0.2, -0.15) is 0 Å². The van der Waals surface area contributed by atoms with E-state index < -0.39 is 12.0 Å². The van der Waals surface area contributed by atoms with Crippen molar-refractivity contribution in [2.45, 2.75) is 6.42 Å². The van der Waals surface area contributed by atoms with Crippen LogP contribution in [-0.4, -0.2) is 52.7 Å². The number of phenols is 1. The van der Waals surface area contributed by atoms with Crippen LogP contribution in [0.2, 0.25) is 0 Å². The van der Waals surface area contributed by atoms with Gasteiger partial charge in [0.2, 0.25) is 5.91 Å². The van der Waals surface area contributed by atoms with Gasteiger partial charge in [0.25, 0.3) is 0 Å². The molecule has 1 aromatic rings. The second-order valence-corrected chi connectivity index (χ2v) is 4.59. The van der Waals surface area contributed by atoms with Gasteiger partial charge in [-0.1, -0.05) is 0 Å². The molecule has 21 heavy (non-hydrogen) atoms. The number of hydrogen-bond acceptors (Lipinski definition) is 4. The van der Waals surface area contributed by atoms with Crippen molar-refractivity contribution in [3.8, 4) is 5.75 Å². The van der Waals surface area contributed by atoms with E-state index in [9.17, 15) is 19.5 Å². The largest absolute Gasteiger partial charge is 0.508 e. The van der Waals surface area contributed by atoms with Crippen molar-refractivity contribution in [2.75, 3.05) is 25.0 Å².